The fourth-order valence-electron chi connectivity index (χ4n) is 13.0. The summed E-state index contributed by atoms with van der Waals surface area (Å²) in [6.07, 6.45) is -13.1. The number of hydrogen-bond donors (Lipinski definition) is 0. The molecule has 17 nitrogen and oxygen atoms in total. The Balaban J connectivity index is 0.820. The van der Waals surface area contributed by atoms with Gasteiger partial charge < -0.3 is 80.5 Å². The number of benzene rings is 9. The molecule has 0 aromatic heterocycles. The molecule has 0 bridgehead atoms. The molecular formula is C84H90O17. The number of hydrogen-bond acceptors (Lipinski definition) is 17. The summed E-state index contributed by atoms with van der Waals surface area (Å²) in [4.78, 5) is 0. The molecule has 4 fully saturated rings. The van der Waals surface area contributed by atoms with Crippen LogP contribution in [0.1, 0.15) is 50.1 Å². The fourth-order valence-corrected chi connectivity index (χ4v) is 13.0. The molecule has 0 aliphatic carbocycles. The van der Waals surface area contributed by atoms with Crippen molar-refractivity contribution in [1.82, 2.24) is 0 Å². The second-order valence-corrected chi connectivity index (χ2v) is 25.5. The van der Waals surface area contributed by atoms with Crippen LogP contribution in [0.5, 0.6) is 0 Å². The van der Waals surface area contributed by atoms with E-state index in [-0.39, 0.29) is 66.1 Å². The molecule has 0 spiro atoms. The van der Waals surface area contributed by atoms with Crippen LogP contribution in [0.2, 0.25) is 0 Å². The van der Waals surface area contributed by atoms with Crippen LogP contribution in [0.25, 0.3) is 0 Å². The minimum absolute atomic E-state index is 0.00461. The maximum Gasteiger partial charge on any atom is 0.187 e. The van der Waals surface area contributed by atoms with E-state index in [1.165, 1.54) is 0 Å². The molecule has 101 heavy (non-hydrogen) atoms. The van der Waals surface area contributed by atoms with Crippen LogP contribution in [0.15, 0.2) is 273 Å². The van der Waals surface area contributed by atoms with E-state index in [9.17, 15) is 0 Å². The molecule has 0 radical (unpaired) electrons. The average Bonchev–Trinajstić information content (AvgIpc) is 1.64. The fraction of sp³-hybridized carbons (Fsp3) is 0.357. The molecule has 9 aromatic carbocycles. The molecule has 4 aliphatic heterocycles. The standard InChI is InChI=1S/C84H90O17/c1-85-81-77(92-53-66-41-23-8-24-42-66)74(89-50-63-35-17-5-18-36-63)71(97-81)58-95-82-78(93-54-67-43-25-9-26-44-67)75(90-51-64-37-19-6-20-38-64)72(99-82)59-96-83-80(76(91-52-65-39-21-7-22-40-65)70(98-83)57-87-48-61-31-13-3-14-32-61)101-84-79(94-55-68-45-27-10-28-46-68)73(88-49-62-33-15-4-16-34-62)69(100-84)56-86-47-60-29-11-2-12-30-60/h2-46,69-84H,47-59H2,1H3/t69-,70-,71-,72-,73-,74-,75-,76-,77+,78+,79+,80+,81+,82+,83+,84+/m1/s1. The van der Waals surface area contributed by atoms with Gasteiger partial charge in [-0.1, -0.05) is 273 Å². The molecule has 0 unspecified atom stereocenters. The highest BCUT2D eigenvalue weighted by molar-refractivity contribution is 5.21. The van der Waals surface area contributed by atoms with Crippen molar-refractivity contribution in [3.8, 4) is 0 Å². The third-order valence-electron chi connectivity index (χ3n) is 18.2. The van der Waals surface area contributed by atoms with E-state index in [0.717, 1.165) is 50.1 Å². The molecule has 13 rings (SSSR count). The first-order valence-corrected chi connectivity index (χ1v) is 34.9. The number of rotatable bonds is 38. The van der Waals surface area contributed by atoms with Gasteiger partial charge in [0, 0.05) is 7.11 Å². The van der Waals surface area contributed by atoms with Crippen LogP contribution in [-0.2, 0) is 140 Å². The van der Waals surface area contributed by atoms with Gasteiger partial charge in [-0.05, 0) is 50.1 Å². The zero-order chi connectivity index (χ0) is 68.5. The van der Waals surface area contributed by atoms with Gasteiger partial charge in [0.25, 0.3) is 0 Å². The SMILES string of the molecule is CO[C@H]1O[C@H](CO[C@H]2O[C@H](CO[C@H]3O[C@H](COCc4ccccc4)[C@@H](OCc4ccccc4)[C@@H]3O[C@@H]3O[C@H](COCc4ccccc4)[C@@H](OCc4ccccc4)[C@@H]3OCc3ccccc3)[C@@H](OCc3ccccc3)[C@@H]2OCc2ccccc2)[C@@H](OCc2ccccc2)[C@@H]1OCc1ccccc1. The van der Waals surface area contributed by atoms with Crippen molar-refractivity contribution in [2.45, 2.75) is 158 Å². The van der Waals surface area contributed by atoms with Crippen LogP contribution in [0.3, 0.4) is 0 Å². The normalized spacial score (nSPS) is 26.3. The molecule has 9 aromatic rings. The molecular weight excluding hydrogens is 1280 g/mol. The molecule has 4 aliphatic rings. The van der Waals surface area contributed by atoms with E-state index in [0.29, 0.717) is 19.8 Å². The number of methoxy groups -OCH3 is 1. The Morgan fingerprint density at radius 3 is 0.703 bits per heavy atom. The Bertz CT molecular complexity index is 3730. The Hall–Kier alpha value is -7.70. The lowest BCUT2D eigenvalue weighted by atomic mass is 10.1. The van der Waals surface area contributed by atoms with Crippen molar-refractivity contribution in [3.05, 3.63) is 323 Å². The van der Waals surface area contributed by atoms with Crippen molar-refractivity contribution < 1.29 is 80.5 Å². The lowest BCUT2D eigenvalue weighted by Crippen LogP contribution is -2.46. The summed E-state index contributed by atoms with van der Waals surface area (Å²) in [6, 6.07) is 90.1. The third kappa shape index (κ3) is 20.6. The van der Waals surface area contributed by atoms with Gasteiger partial charge in [-0.25, -0.2) is 0 Å². The Labute approximate surface area is 592 Å². The van der Waals surface area contributed by atoms with Gasteiger partial charge >= 0.3 is 0 Å². The van der Waals surface area contributed by atoms with Crippen LogP contribution >= 0.6 is 0 Å². The summed E-state index contributed by atoms with van der Waals surface area (Å²) in [5.41, 5.74) is 8.78. The quantitative estimate of drug-likeness (QED) is 0.0360. The molecule has 16 atom stereocenters. The Kier molecular flexibility index (Phi) is 27.0. The summed E-state index contributed by atoms with van der Waals surface area (Å²) in [5.74, 6) is 0. The predicted molar refractivity (Wildman–Crippen MR) is 376 cm³/mol. The van der Waals surface area contributed by atoms with Crippen LogP contribution in [0.4, 0.5) is 0 Å². The monoisotopic (exact) mass is 1370 g/mol. The summed E-state index contributed by atoms with van der Waals surface area (Å²) >= 11 is 0. The minimum atomic E-state index is -1.13. The molecule has 0 saturated carbocycles. The van der Waals surface area contributed by atoms with Crippen LogP contribution in [0, 0.1) is 0 Å². The smallest absolute Gasteiger partial charge is 0.187 e. The highest BCUT2D eigenvalue weighted by Gasteiger charge is 2.56. The summed E-state index contributed by atoms with van der Waals surface area (Å²) < 4.78 is 117. The van der Waals surface area contributed by atoms with E-state index in [4.69, 9.17) is 80.5 Å². The van der Waals surface area contributed by atoms with E-state index in [2.05, 4.69) is 0 Å². The lowest BCUT2D eigenvalue weighted by Gasteiger charge is -2.30. The largest absolute Gasteiger partial charge is 0.374 e. The summed E-state index contributed by atoms with van der Waals surface area (Å²) in [6.45, 7) is 2.57. The second-order valence-electron chi connectivity index (χ2n) is 25.5. The molecule has 0 N–H and O–H groups in total. The molecule has 0 amide bonds. The van der Waals surface area contributed by atoms with Crippen molar-refractivity contribution in [1.29, 1.82) is 0 Å². The summed E-state index contributed by atoms with van der Waals surface area (Å²) in [5, 5.41) is 0. The van der Waals surface area contributed by atoms with Gasteiger partial charge in [0.05, 0.1) is 85.9 Å². The Morgan fingerprint density at radius 1 is 0.208 bits per heavy atom. The van der Waals surface area contributed by atoms with Crippen molar-refractivity contribution >= 4 is 0 Å². The highest BCUT2D eigenvalue weighted by atomic mass is 16.8. The van der Waals surface area contributed by atoms with E-state index in [1.807, 2.05) is 273 Å². The van der Waals surface area contributed by atoms with Crippen molar-refractivity contribution in [3.63, 3.8) is 0 Å². The predicted octanol–water partition coefficient (Wildman–Crippen LogP) is 13.5. The second kappa shape index (κ2) is 38.0. The molecule has 17 heteroatoms. The molecule has 4 saturated heterocycles. The van der Waals surface area contributed by atoms with Gasteiger partial charge in [0.2, 0.25) is 0 Å². The van der Waals surface area contributed by atoms with E-state index < -0.39 is 98.4 Å². The zero-order valence-corrected chi connectivity index (χ0v) is 56.9. The van der Waals surface area contributed by atoms with Crippen LogP contribution in [-0.4, -0.2) is 132 Å². The molecule has 4 heterocycles. The van der Waals surface area contributed by atoms with E-state index in [1.54, 1.807) is 7.11 Å². The van der Waals surface area contributed by atoms with Gasteiger partial charge in [-0.3, -0.25) is 0 Å². The maximum atomic E-state index is 7.48. The van der Waals surface area contributed by atoms with Gasteiger partial charge in [0.15, 0.2) is 25.2 Å². The molecule has 528 valence electrons. The summed E-state index contributed by atoms with van der Waals surface area (Å²) in [7, 11) is 1.60. The minimum Gasteiger partial charge on any atom is -0.374 e. The average molecular weight is 1370 g/mol. The van der Waals surface area contributed by atoms with Crippen molar-refractivity contribution in [2.75, 3.05) is 33.5 Å². The zero-order valence-electron chi connectivity index (χ0n) is 56.9. The highest BCUT2D eigenvalue weighted by Crippen LogP contribution is 2.39. The first-order valence-electron chi connectivity index (χ1n) is 34.9. The van der Waals surface area contributed by atoms with Gasteiger partial charge in [0.1, 0.15) is 73.2 Å². The van der Waals surface area contributed by atoms with Gasteiger partial charge in [-0.2, -0.15) is 0 Å². The maximum absolute atomic E-state index is 7.48. The topological polar surface area (TPSA) is 157 Å². The third-order valence-corrected chi connectivity index (χ3v) is 18.2. The first kappa shape index (κ1) is 71.7. The van der Waals surface area contributed by atoms with E-state index >= 15 is 0 Å². The Morgan fingerprint density at radius 2 is 0.416 bits per heavy atom. The van der Waals surface area contributed by atoms with Crippen molar-refractivity contribution in [2.24, 2.45) is 0 Å². The number of ether oxygens (including phenoxy) is 17. The van der Waals surface area contributed by atoms with Crippen LogP contribution < -0.4 is 0 Å². The van der Waals surface area contributed by atoms with Gasteiger partial charge in [-0.15, -0.1) is 0 Å². The first-order chi connectivity index (χ1) is 50.0. The lowest BCUT2D eigenvalue weighted by molar-refractivity contribution is -0.262.